The van der Waals surface area contributed by atoms with Crippen molar-refractivity contribution in [3.8, 4) is 23.0 Å². The smallest absolute Gasteiger partial charge is 0.335 e. The average molecular weight is 581 g/mol. The second kappa shape index (κ2) is 14.6. The number of nitrogens with zero attached hydrogens (tertiary/aromatic N) is 10. The van der Waals surface area contributed by atoms with E-state index in [2.05, 4.69) is 51.5 Å². The predicted octanol–water partition coefficient (Wildman–Crippen LogP) is 3.33. The summed E-state index contributed by atoms with van der Waals surface area (Å²) in [5.74, 6) is -0.271. The third kappa shape index (κ3) is 8.25. The van der Waals surface area contributed by atoms with E-state index in [-0.39, 0.29) is 23.2 Å². The van der Waals surface area contributed by atoms with Gasteiger partial charge in [0.15, 0.2) is 0 Å². The molecule has 2 atom stereocenters. The molecule has 0 aliphatic carbocycles. The van der Waals surface area contributed by atoms with Crippen LogP contribution in [-0.2, 0) is 13.1 Å². The van der Waals surface area contributed by atoms with Gasteiger partial charge >= 0.3 is 11.9 Å². The summed E-state index contributed by atoms with van der Waals surface area (Å²) in [5.41, 5.74) is 1.11. The molecule has 42 heavy (non-hydrogen) atoms. The third-order valence-corrected chi connectivity index (χ3v) is 6.18. The molecule has 0 bridgehead atoms. The number of anilines is 2. The minimum atomic E-state index is -1.02. The van der Waals surface area contributed by atoms with E-state index in [0.29, 0.717) is 47.8 Å². The summed E-state index contributed by atoms with van der Waals surface area (Å²) in [5, 5.41) is 48.0. The Balaban J connectivity index is 0.000000230. The van der Waals surface area contributed by atoms with Crippen molar-refractivity contribution < 1.29 is 19.8 Å². The van der Waals surface area contributed by atoms with E-state index in [1.807, 2.05) is 41.5 Å². The normalized spacial score (nSPS) is 12.1. The molecule has 0 radical (unpaired) electrons. The Morgan fingerprint density at radius 1 is 0.786 bits per heavy atom. The van der Waals surface area contributed by atoms with Crippen LogP contribution in [0.25, 0.3) is 23.0 Å². The van der Waals surface area contributed by atoms with Gasteiger partial charge < -0.3 is 20.8 Å². The summed E-state index contributed by atoms with van der Waals surface area (Å²) >= 11 is 0. The first kappa shape index (κ1) is 31.5. The Morgan fingerprint density at radius 2 is 1.33 bits per heavy atom. The van der Waals surface area contributed by atoms with E-state index in [1.165, 1.54) is 29.1 Å². The molecule has 224 valence electrons. The first-order chi connectivity index (χ1) is 20.1. The molecule has 0 aliphatic rings. The molecule has 4 N–H and O–H groups in total. The Bertz CT molecular complexity index is 1500. The Hall–Kier alpha value is -5.02. The number of aromatic carboxylic acids is 2. The minimum absolute atomic E-state index is 0.138. The van der Waals surface area contributed by atoms with Gasteiger partial charge in [-0.1, -0.05) is 13.8 Å². The monoisotopic (exact) mass is 580 g/mol. The summed E-state index contributed by atoms with van der Waals surface area (Å²) < 4.78 is 1.57. The lowest BCUT2D eigenvalue weighted by molar-refractivity contribution is 0.0686. The van der Waals surface area contributed by atoms with Gasteiger partial charge in [0.1, 0.15) is 23.0 Å². The molecule has 0 saturated carbocycles. The minimum Gasteiger partial charge on any atom is -0.478 e. The van der Waals surface area contributed by atoms with Gasteiger partial charge in [-0.05, 0) is 80.4 Å². The highest BCUT2D eigenvalue weighted by Gasteiger charge is 2.16. The van der Waals surface area contributed by atoms with Crippen molar-refractivity contribution in [1.29, 1.82) is 0 Å². The van der Waals surface area contributed by atoms with E-state index in [4.69, 9.17) is 0 Å². The lowest BCUT2D eigenvalue weighted by Gasteiger charge is -2.13. The maximum absolute atomic E-state index is 11.3. The molecule has 0 unspecified atom stereocenters. The number of carboxylic acids is 2. The summed E-state index contributed by atoms with van der Waals surface area (Å²) in [6.45, 7) is 13.0. The molecular formula is C26H36N12O4. The first-order valence-corrected chi connectivity index (χ1v) is 13.7. The SMILES string of the molecule is CC[C@H](C)Nc1cc(C(=O)O)cc(-c2nnn(CC)n2)n1.CC[C@H](C)Nc1cc(C(=O)O)cc(-c2nnnn2CC)n1. The van der Waals surface area contributed by atoms with Crippen LogP contribution in [0.3, 0.4) is 0 Å². The highest BCUT2D eigenvalue weighted by Crippen LogP contribution is 2.21. The van der Waals surface area contributed by atoms with Gasteiger partial charge in [0, 0.05) is 18.6 Å². The number of aromatic nitrogens is 10. The van der Waals surface area contributed by atoms with Crippen LogP contribution in [-0.4, -0.2) is 84.6 Å². The summed E-state index contributed by atoms with van der Waals surface area (Å²) in [6.07, 6.45) is 1.81. The molecule has 0 aliphatic heterocycles. The number of tetrazole rings is 2. The van der Waals surface area contributed by atoms with Crippen LogP contribution in [0.5, 0.6) is 0 Å². The Labute approximate surface area is 242 Å². The summed E-state index contributed by atoms with van der Waals surface area (Å²) in [7, 11) is 0. The van der Waals surface area contributed by atoms with Crippen LogP contribution in [0.4, 0.5) is 11.6 Å². The maximum Gasteiger partial charge on any atom is 0.335 e. The van der Waals surface area contributed by atoms with Crippen LogP contribution in [0, 0.1) is 0 Å². The molecule has 4 aromatic heterocycles. The van der Waals surface area contributed by atoms with E-state index in [0.717, 1.165) is 12.8 Å². The lowest BCUT2D eigenvalue weighted by Crippen LogP contribution is -2.15. The standard InChI is InChI=1S/2C13H18N6O2/c1-4-8(3)14-11-7-9(13(20)21)6-10(15-11)12-16-17-18-19(12)5-2;1-4-8(3)14-11-7-9(13(20)21)6-10(15-11)12-16-18-19(5-2)17-12/h2*6-8H,4-5H2,1-3H3,(H,14,15)(H,20,21)/t2*8-/m00/s1. The van der Waals surface area contributed by atoms with Crippen molar-refractivity contribution >= 4 is 23.6 Å². The van der Waals surface area contributed by atoms with Crippen molar-refractivity contribution in [2.45, 2.75) is 79.6 Å². The second-order valence-electron chi connectivity index (χ2n) is 9.39. The topological polar surface area (TPSA) is 212 Å². The number of rotatable bonds is 12. The third-order valence-electron chi connectivity index (χ3n) is 6.18. The van der Waals surface area contributed by atoms with Crippen LogP contribution < -0.4 is 10.6 Å². The van der Waals surface area contributed by atoms with E-state index in [1.54, 1.807) is 4.68 Å². The summed E-state index contributed by atoms with van der Waals surface area (Å²) in [4.78, 5) is 32.7. The van der Waals surface area contributed by atoms with Crippen molar-refractivity contribution in [1.82, 2.24) is 50.4 Å². The number of carbonyl (C=O) groups is 2. The Morgan fingerprint density at radius 3 is 1.81 bits per heavy atom. The number of pyridine rings is 2. The van der Waals surface area contributed by atoms with Gasteiger partial charge in [0.2, 0.25) is 11.6 Å². The van der Waals surface area contributed by atoms with Crippen molar-refractivity contribution in [2.24, 2.45) is 0 Å². The highest BCUT2D eigenvalue weighted by atomic mass is 16.4. The quantitative estimate of drug-likeness (QED) is 0.189. The predicted molar refractivity (Wildman–Crippen MR) is 154 cm³/mol. The van der Waals surface area contributed by atoms with E-state index >= 15 is 0 Å². The molecule has 0 spiro atoms. The first-order valence-electron chi connectivity index (χ1n) is 13.7. The molecule has 0 fully saturated rings. The number of nitrogens with one attached hydrogen (secondary N) is 2. The van der Waals surface area contributed by atoms with Crippen LogP contribution in [0.15, 0.2) is 24.3 Å². The van der Waals surface area contributed by atoms with Crippen LogP contribution in [0.1, 0.15) is 75.1 Å². The van der Waals surface area contributed by atoms with E-state index in [9.17, 15) is 19.8 Å². The second-order valence-corrected chi connectivity index (χ2v) is 9.39. The fourth-order valence-electron chi connectivity index (χ4n) is 3.47. The van der Waals surface area contributed by atoms with Crippen molar-refractivity contribution in [3.05, 3.63) is 35.4 Å². The van der Waals surface area contributed by atoms with Crippen LogP contribution >= 0.6 is 0 Å². The molecule has 0 aromatic carbocycles. The zero-order valence-corrected chi connectivity index (χ0v) is 24.5. The number of hydrogen-bond donors (Lipinski definition) is 4. The van der Waals surface area contributed by atoms with Crippen molar-refractivity contribution in [2.75, 3.05) is 10.6 Å². The molecule has 0 amide bonds. The Kier molecular flexibility index (Phi) is 10.9. The van der Waals surface area contributed by atoms with Gasteiger partial charge in [0.25, 0.3) is 0 Å². The molecule has 4 heterocycles. The van der Waals surface area contributed by atoms with Gasteiger partial charge in [-0.25, -0.2) is 24.2 Å². The highest BCUT2D eigenvalue weighted by molar-refractivity contribution is 5.90. The maximum atomic E-state index is 11.3. The van der Waals surface area contributed by atoms with Gasteiger partial charge in [0.05, 0.1) is 17.7 Å². The fourth-order valence-corrected chi connectivity index (χ4v) is 3.47. The molecule has 0 saturated heterocycles. The molecule has 16 heteroatoms. The van der Waals surface area contributed by atoms with Crippen molar-refractivity contribution in [3.63, 3.8) is 0 Å². The molecular weight excluding hydrogens is 544 g/mol. The van der Waals surface area contributed by atoms with Gasteiger partial charge in [-0.2, -0.15) is 4.80 Å². The number of aryl methyl sites for hydroxylation is 2. The number of carboxylic acid groups (broad SMARTS) is 2. The average Bonchev–Trinajstić information content (AvgIpc) is 3.67. The fraction of sp³-hybridized carbons (Fsp3) is 0.462. The number of hydrogen-bond acceptors (Lipinski definition) is 12. The van der Waals surface area contributed by atoms with E-state index < -0.39 is 11.9 Å². The summed E-state index contributed by atoms with van der Waals surface area (Å²) in [6, 6.07) is 6.31. The molecule has 4 rings (SSSR count). The molecule has 16 nitrogen and oxygen atoms in total. The zero-order chi connectivity index (χ0) is 30.8. The lowest BCUT2D eigenvalue weighted by atomic mass is 10.2. The van der Waals surface area contributed by atoms with Crippen LogP contribution in [0.2, 0.25) is 0 Å². The molecule has 4 aromatic rings. The van der Waals surface area contributed by atoms with Gasteiger partial charge in [-0.15, -0.1) is 15.3 Å². The van der Waals surface area contributed by atoms with Gasteiger partial charge in [-0.3, -0.25) is 0 Å². The zero-order valence-electron chi connectivity index (χ0n) is 24.5. The largest absolute Gasteiger partial charge is 0.478 e.